The first-order chi connectivity index (χ1) is 11.0. The van der Waals surface area contributed by atoms with Crippen LogP contribution in [0.5, 0.6) is 17.2 Å². The lowest BCUT2D eigenvalue weighted by Crippen LogP contribution is -2.29. The summed E-state index contributed by atoms with van der Waals surface area (Å²) in [5.41, 5.74) is 0.439. The molecule has 0 unspecified atom stereocenters. The Kier molecular flexibility index (Phi) is 5.03. The van der Waals surface area contributed by atoms with E-state index in [4.69, 9.17) is 9.47 Å². The van der Waals surface area contributed by atoms with E-state index in [2.05, 4.69) is 10.6 Å². The molecule has 120 valence electrons. The molecule has 0 aliphatic heterocycles. The lowest BCUT2D eigenvalue weighted by atomic mass is 10.2. The Morgan fingerprint density at radius 3 is 2.17 bits per heavy atom. The number of rotatable bonds is 4. The summed E-state index contributed by atoms with van der Waals surface area (Å²) in [6, 6.07) is 10.9. The zero-order valence-corrected chi connectivity index (χ0v) is 12.6. The van der Waals surface area contributed by atoms with Gasteiger partial charge in [-0.15, -0.1) is 0 Å². The monoisotopic (exact) mass is 316 g/mol. The van der Waals surface area contributed by atoms with Gasteiger partial charge < -0.3 is 25.2 Å². The molecule has 0 fully saturated rings. The molecule has 0 bridgehead atoms. The summed E-state index contributed by atoms with van der Waals surface area (Å²) in [7, 11) is 2.93. The lowest BCUT2D eigenvalue weighted by molar-refractivity contribution is -0.133. The molecular weight excluding hydrogens is 300 g/mol. The third-order valence-electron chi connectivity index (χ3n) is 3.01. The molecule has 7 heteroatoms. The average molecular weight is 316 g/mol. The van der Waals surface area contributed by atoms with Gasteiger partial charge in [0.1, 0.15) is 17.2 Å². The molecular formula is C16H16N2O5. The maximum absolute atomic E-state index is 12.0. The van der Waals surface area contributed by atoms with Crippen LogP contribution in [0.4, 0.5) is 11.4 Å². The minimum absolute atomic E-state index is 0.132. The highest BCUT2D eigenvalue weighted by Crippen LogP contribution is 2.29. The van der Waals surface area contributed by atoms with Crippen LogP contribution in [0.2, 0.25) is 0 Å². The molecule has 0 aromatic heterocycles. The van der Waals surface area contributed by atoms with Gasteiger partial charge in [-0.05, 0) is 24.3 Å². The van der Waals surface area contributed by atoms with Crippen LogP contribution < -0.4 is 20.1 Å². The van der Waals surface area contributed by atoms with Crippen LogP contribution in [0.1, 0.15) is 0 Å². The molecule has 7 nitrogen and oxygen atoms in total. The number of benzene rings is 2. The second-order valence-electron chi connectivity index (χ2n) is 4.49. The molecule has 3 N–H and O–H groups in total. The van der Waals surface area contributed by atoms with Crippen molar-refractivity contribution in [2.24, 2.45) is 0 Å². The Hall–Kier alpha value is -3.22. The second-order valence-corrected chi connectivity index (χ2v) is 4.49. The van der Waals surface area contributed by atoms with Gasteiger partial charge in [-0.25, -0.2) is 0 Å². The van der Waals surface area contributed by atoms with Crippen LogP contribution in [0.15, 0.2) is 42.5 Å². The molecule has 2 rings (SSSR count). The molecule has 0 radical (unpaired) electrons. The van der Waals surface area contributed by atoms with Crippen molar-refractivity contribution in [3.8, 4) is 17.2 Å². The predicted octanol–water partition coefficient (Wildman–Crippen LogP) is 1.99. The highest BCUT2D eigenvalue weighted by molar-refractivity contribution is 6.43. The van der Waals surface area contributed by atoms with Gasteiger partial charge in [-0.1, -0.05) is 12.1 Å². The van der Waals surface area contributed by atoms with E-state index in [1.165, 1.54) is 32.4 Å². The maximum atomic E-state index is 12.0. The Morgan fingerprint density at radius 2 is 1.57 bits per heavy atom. The van der Waals surface area contributed by atoms with Crippen molar-refractivity contribution in [1.82, 2.24) is 0 Å². The summed E-state index contributed by atoms with van der Waals surface area (Å²) in [6.07, 6.45) is 0. The fourth-order valence-electron chi connectivity index (χ4n) is 1.85. The number of carbonyl (C=O) groups is 2. The Bertz CT molecular complexity index is 730. The molecule has 0 heterocycles. The third kappa shape index (κ3) is 3.91. The van der Waals surface area contributed by atoms with E-state index in [-0.39, 0.29) is 11.4 Å². The molecule has 2 amide bonds. The maximum Gasteiger partial charge on any atom is 0.314 e. The number of ether oxygens (including phenoxy) is 2. The number of para-hydroxylation sites is 2. The summed E-state index contributed by atoms with van der Waals surface area (Å²) in [5, 5.41) is 14.4. The number of methoxy groups -OCH3 is 2. The van der Waals surface area contributed by atoms with E-state index >= 15 is 0 Å². The van der Waals surface area contributed by atoms with Crippen LogP contribution in [-0.2, 0) is 9.59 Å². The molecule has 23 heavy (non-hydrogen) atoms. The topological polar surface area (TPSA) is 96.9 Å². The molecule has 0 saturated carbocycles. The molecule has 0 aliphatic carbocycles. The first-order valence-corrected chi connectivity index (χ1v) is 6.67. The van der Waals surface area contributed by atoms with Crippen LogP contribution in [-0.4, -0.2) is 31.1 Å². The summed E-state index contributed by atoms with van der Waals surface area (Å²) in [4.78, 5) is 23.9. The first-order valence-electron chi connectivity index (χ1n) is 6.67. The molecule has 0 saturated heterocycles. The second kappa shape index (κ2) is 7.17. The largest absolute Gasteiger partial charge is 0.506 e. The summed E-state index contributed by atoms with van der Waals surface area (Å²) in [5.74, 6) is -1.07. The predicted molar refractivity (Wildman–Crippen MR) is 84.9 cm³/mol. The average Bonchev–Trinajstić information content (AvgIpc) is 2.56. The van der Waals surface area contributed by atoms with Gasteiger partial charge in [-0.2, -0.15) is 0 Å². The number of anilines is 2. The van der Waals surface area contributed by atoms with Gasteiger partial charge in [0.15, 0.2) is 0 Å². The molecule has 0 atom stereocenters. The SMILES string of the molecule is COc1ccc(OC)c(NC(=O)C(=O)Nc2ccccc2O)c1. The highest BCUT2D eigenvalue weighted by atomic mass is 16.5. The normalized spacial score (nSPS) is 9.83. The zero-order chi connectivity index (χ0) is 16.8. The van der Waals surface area contributed by atoms with E-state index in [9.17, 15) is 14.7 Å². The molecule has 2 aromatic rings. The first kappa shape index (κ1) is 16.2. The number of phenolic OH excluding ortho intramolecular Hbond substituents is 1. The van der Waals surface area contributed by atoms with Crippen molar-refractivity contribution in [2.45, 2.75) is 0 Å². The minimum atomic E-state index is -0.920. The van der Waals surface area contributed by atoms with Crippen LogP contribution in [0.3, 0.4) is 0 Å². The smallest absolute Gasteiger partial charge is 0.314 e. The summed E-state index contributed by atoms with van der Waals surface area (Å²) < 4.78 is 10.2. The third-order valence-corrected chi connectivity index (χ3v) is 3.01. The Labute approximate surface area is 132 Å². The van der Waals surface area contributed by atoms with Gasteiger partial charge in [0.25, 0.3) is 0 Å². The van der Waals surface area contributed by atoms with E-state index in [0.29, 0.717) is 17.2 Å². The molecule has 0 spiro atoms. The Morgan fingerprint density at radius 1 is 0.913 bits per heavy atom. The summed E-state index contributed by atoms with van der Waals surface area (Å²) in [6.45, 7) is 0. The van der Waals surface area contributed by atoms with Crippen LogP contribution in [0, 0.1) is 0 Å². The Balaban J connectivity index is 2.12. The lowest BCUT2D eigenvalue weighted by Gasteiger charge is -2.12. The van der Waals surface area contributed by atoms with Gasteiger partial charge in [0, 0.05) is 6.07 Å². The van der Waals surface area contributed by atoms with Gasteiger partial charge in [0.05, 0.1) is 25.6 Å². The van der Waals surface area contributed by atoms with E-state index in [1.54, 1.807) is 24.3 Å². The van der Waals surface area contributed by atoms with Crippen LogP contribution >= 0.6 is 0 Å². The van der Waals surface area contributed by atoms with Gasteiger partial charge in [-0.3, -0.25) is 9.59 Å². The number of phenols is 1. The number of aromatic hydroxyl groups is 1. The zero-order valence-electron chi connectivity index (χ0n) is 12.6. The van der Waals surface area contributed by atoms with Crippen molar-refractivity contribution in [3.63, 3.8) is 0 Å². The van der Waals surface area contributed by atoms with Crippen molar-refractivity contribution < 1.29 is 24.2 Å². The standard InChI is InChI=1S/C16H16N2O5/c1-22-10-7-8-14(23-2)12(9-10)18-16(21)15(20)17-11-5-3-4-6-13(11)19/h3-9,19H,1-2H3,(H,17,20)(H,18,21). The van der Waals surface area contributed by atoms with E-state index in [1.807, 2.05) is 0 Å². The number of hydrogen-bond acceptors (Lipinski definition) is 5. The van der Waals surface area contributed by atoms with Crippen molar-refractivity contribution >= 4 is 23.2 Å². The number of carbonyl (C=O) groups excluding carboxylic acids is 2. The fraction of sp³-hybridized carbons (Fsp3) is 0.125. The highest BCUT2D eigenvalue weighted by Gasteiger charge is 2.17. The minimum Gasteiger partial charge on any atom is -0.506 e. The molecule has 0 aliphatic rings. The fourth-order valence-corrected chi connectivity index (χ4v) is 1.85. The van der Waals surface area contributed by atoms with Gasteiger partial charge >= 0.3 is 11.8 Å². The van der Waals surface area contributed by atoms with E-state index in [0.717, 1.165) is 0 Å². The van der Waals surface area contributed by atoms with E-state index < -0.39 is 11.8 Å². The van der Waals surface area contributed by atoms with Crippen molar-refractivity contribution in [2.75, 3.05) is 24.9 Å². The summed E-state index contributed by atoms with van der Waals surface area (Å²) >= 11 is 0. The van der Waals surface area contributed by atoms with Crippen molar-refractivity contribution in [3.05, 3.63) is 42.5 Å². The van der Waals surface area contributed by atoms with Gasteiger partial charge in [0.2, 0.25) is 0 Å². The quantitative estimate of drug-likeness (QED) is 0.592. The van der Waals surface area contributed by atoms with Crippen LogP contribution in [0.25, 0.3) is 0 Å². The molecule has 2 aromatic carbocycles. The number of hydrogen-bond donors (Lipinski definition) is 3. The number of nitrogens with one attached hydrogen (secondary N) is 2. The van der Waals surface area contributed by atoms with Crippen molar-refractivity contribution in [1.29, 1.82) is 0 Å². The number of amides is 2.